The van der Waals surface area contributed by atoms with Crippen molar-refractivity contribution in [3.05, 3.63) is 28.3 Å². The molecule has 2 aliphatic heterocycles. The molecule has 4 unspecified atom stereocenters. The van der Waals surface area contributed by atoms with Crippen LogP contribution in [0.5, 0.6) is 5.75 Å². The maximum atomic E-state index is 10.5. The van der Waals surface area contributed by atoms with E-state index < -0.39 is 6.10 Å². The Morgan fingerprint density at radius 2 is 1.90 bits per heavy atom. The van der Waals surface area contributed by atoms with Crippen LogP contribution in [0.15, 0.2) is 12.1 Å². The smallest absolute Gasteiger partial charge is 0.127 e. The molecule has 4 atom stereocenters. The topological polar surface area (TPSA) is 32.7 Å². The number of fused-ring (bicyclic) bond motifs is 1. The number of likely N-dealkylation sites (tertiary alicyclic amines) is 1. The van der Waals surface area contributed by atoms with Crippen LogP contribution >= 0.6 is 11.6 Å². The SMILES string of the molecule is Cc1cc(Cl)cc2c1OCC(O)C2N1CC(C)CC(C)C1. The van der Waals surface area contributed by atoms with Crippen LogP contribution in [0.2, 0.25) is 5.02 Å². The Labute approximate surface area is 131 Å². The van der Waals surface area contributed by atoms with Crippen LogP contribution in [-0.2, 0) is 0 Å². The molecular weight excluding hydrogens is 286 g/mol. The van der Waals surface area contributed by atoms with Gasteiger partial charge >= 0.3 is 0 Å². The van der Waals surface area contributed by atoms with Gasteiger partial charge in [-0.05, 0) is 42.9 Å². The lowest BCUT2D eigenvalue weighted by Gasteiger charge is -2.44. The van der Waals surface area contributed by atoms with Crippen LogP contribution < -0.4 is 4.74 Å². The molecule has 1 aromatic rings. The normalized spacial score (nSPS) is 33.4. The van der Waals surface area contributed by atoms with E-state index in [1.165, 1.54) is 6.42 Å². The highest BCUT2D eigenvalue weighted by Gasteiger charge is 2.37. The first kappa shape index (κ1) is 15.1. The van der Waals surface area contributed by atoms with Gasteiger partial charge in [0, 0.05) is 23.7 Å². The number of ether oxygens (including phenoxy) is 1. The minimum Gasteiger partial charge on any atom is -0.490 e. The molecule has 0 aromatic heterocycles. The predicted molar refractivity (Wildman–Crippen MR) is 84.9 cm³/mol. The summed E-state index contributed by atoms with van der Waals surface area (Å²) in [5, 5.41) is 11.2. The first-order valence-corrected chi connectivity index (χ1v) is 8.18. The number of aryl methyl sites for hydroxylation is 1. The lowest BCUT2D eigenvalue weighted by Crippen LogP contribution is -2.48. The van der Waals surface area contributed by atoms with Crippen LogP contribution in [0.25, 0.3) is 0 Å². The second-order valence-electron chi connectivity index (χ2n) is 6.86. The molecule has 0 spiro atoms. The standard InChI is InChI=1S/C17H24ClNO2/c1-10-4-11(2)8-19(7-10)16-14-6-13(18)5-12(3)17(14)21-9-15(16)20/h5-6,10-11,15-16,20H,4,7-9H2,1-3H3. The van der Waals surface area contributed by atoms with Gasteiger partial charge in [0.1, 0.15) is 18.5 Å². The summed E-state index contributed by atoms with van der Waals surface area (Å²) < 4.78 is 5.76. The minimum atomic E-state index is -0.493. The van der Waals surface area contributed by atoms with Gasteiger partial charge in [0.2, 0.25) is 0 Å². The first-order chi connectivity index (χ1) is 9.95. The molecule has 1 N–H and O–H groups in total. The van der Waals surface area contributed by atoms with Gasteiger partial charge in [-0.15, -0.1) is 0 Å². The van der Waals surface area contributed by atoms with Crippen molar-refractivity contribution >= 4 is 11.6 Å². The van der Waals surface area contributed by atoms with Crippen LogP contribution in [-0.4, -0.2) is 35.8 Å². The zero-order valence-electron chi connectivity index (χ0n) is 13.0. The Morgan fingerprint density at radius 3 is 2.57 bits per heavy atom. The van der Waals surface area contributed by atoms with E-state index in [1.54, 1.807) is 0 Å². The molecule has 0 bridgehead atoms. The lowest BCUT2D eigenvalue weighted by molar-refractivity contribution is -0.0232. The maximum Gasteiger partial charge on any atom is 0.127 e. The molecule has 1 fully saturated rings. The fourth-order valence-electron chi connectivity index (χ4n) is 4.02. The quantitative estimate of drug-likeness (QED) is 0.863. The molecule has 1 saturated heterocycles. The van der Waals surface area contributed by atoms with Crippen molar-refractivity contribution in [3.63, 3.8) is 0 Å². The van der Waals surface area contributed by atoms with Gasteiger partial charge in [0.25, 0.3) is 0 Å². The molecule has 21 heavy (non-hydrogen) atoms. The number of rotatable bonds is 1. The van der Waals surface area contributed by atoms with Crippen molar-refractivity contribution in [1.82, 2.24) is 4.90 Å². The number of aliphatic hydroxyl groups excluding tert-OH is 1. The van der Waals surface area contributed by atoms with E-state index in [4.69, 9.17) is 16.3 Å². The van der Waals surface area contributed by atoms with Crippen molar-refractivity contribution < 1.29 is 9.84 Å². The number of aliphatic hydroxyl groups is 1. The van der Waals surface area contributed by atoms with E-state index in [0.717, 1.165) is 30.0 Å². The zero-order valence-corrected chi connectivity index (χ0v) is 13.7. The van der Waals surface area contributed by atoms with Crippen LogP contribution in [0.3, 0.4) is 0 Å². The Balaban J connectivity index is 1.99. The van der Waals surface area contributed by atoms with Crippen LogP contribution in [0.1, 0.15) is 37.4 Å². The number of piperidine rings is 1. The zero-order chi connectivity index (χ0) is 15.1. The Morgan fingerprint density at radius 1 is 1.24 bits per heavy atom. The van der Waals surface area contributed by atoms with Gasteiger partial charge < -0.3 is 9.84 Å². The van der Waals surface area contributed by atoms with Gasteiger partial charge in [-0.2, -0.15) is 0 Å². The third-order valence-electron chi connectivity index (χ3n) is 4.64. The molecular formula is C17H24ClNO2. The van der Waals surface area contributed by atoms with E-state index >= 15 is 0 Å². The average molecular weight is 310 g/mol. The van der Waals surface area contributed by atoms with Crippen molar-refractivity contribution in [2.24, 2.45) is 11.8 Å². The molecule has 2 aliphatic rings. The predicted octanol–water partition coefficient (Wildman–Crippen LogP) is 3.42. The van der Waals surface area contributed by atoms with Gasteiger partial charge in [0.05, 0.1) is 6.04 Å². The number of nitrogens with zero attached hydrogens (tertiary/aromatic N) is 1. The molecule has 1 aromatic carbocycles. The van der Waals surface area contributed by atoms with Crippen molar-refractivity contribution in [2.45, 2.75) is 39.3 Å². The monoisotopic (exact) mass is 309 g/mol. The van der Waals surface area contributed by atoms with Gasteiger partial charge in [-0.3, -0.25) is 4.90 Å². The number of hydrogen-bond acceptors (Lipinski definition) is 3. The van der Waals surface area contributed by atoms with Crippen molar-refractivity contribution in [2.75, 3.05) is 19.7 Å². The molecule has 3 rings (SSSR count). The van der Waals surface area contributed by atoms with Crippen molar-refractivity contribution in [3.8, 4) is 5.75 Å². The van der Waals surface area contributed by atoms with E-state index in [9.17, 15) is 5.11 Å². The van der Waals surface area contributed by atoms with Crippen LogP contribution in [0, 0.1) is 18.8 Å². The minimum absolute atomic E-state index is 0.00338. The molecule has 116 valence electrons. The van der Waals surface area contributed by atoms with Crippen LogP contribution in [0.4, 0.5) is 0 Å². The van der Waals surface area contributed by atoms with Gasteiger partial charge in [-0.25, -0.2) is 0 Å². The largest absolute Gasteiger partial charge is 0.490 e. The summed E-state index contributed by atoms with van der Waals surface area (Å²) in [6.45, 7) is 9.01. The number of hydrogen-bond donors (Lipinski definition) is 1. The van der Waals surface area contributed by atoms with Gasteiger partial charge in [-0.1, -0.05) is 25.4 Å². The number of halogens is 1. The molecule has 0 aliphatic carbocycles. The molecule has 3 nitrogen and oxygen atoms in total. The Hall–Kier alpha value is -0.770. The summed E-state index contributed by atoms with van der Waals surface area (Å²) in [4.78, 5) is 2.42. The highest BCUT2D eigenvalue weighted by Crippen LogP contribution is 2.41. The third kappa shape index (κ3) is 2.92. The second kappa shape index (κ2) is 5.79. The summed E-state index contributed by atoms with van der Waals surface area (Å²) in [7, 11) is 0. The second-order valence-corrected chi connectivity index (χ2v) is 7.30. The summed E-state index contributed by atoms with van der Waals surface area (Å²) in [5.41, 5.74) is 2.09. The summed E-state index contributed by atoms with van der Waals surface area (Å²) >= 11 is 6.24. The van der Waals surface area contributed by atoms with E-state index in [-0.39, 0.29) is 6.04 Å². The maximum absolute atomic E-state index is 10.5. The molecule has 0 saturated carbocycles. The highest BCUT2D eigenvalue weighted by atomic mass is 35.5. The first-order valence-electron chi connectivity index (χ1n) is 7.80. The molecule has 0 radical (unpaired) electrons. The fraction of sp³-hybridized carbons (Fsp3) is 0.647. The Kier molecular flexibility index (Phi) is 4.17. The molecule has 0 amide bonds. The van der Waals surface area contributed by atoms with Gasteiger partial charge in [0.15, 0.2) is 0 Å². The highest BCUT2D eigenvalue weighted by molar-refractivity contribution is 6.30. The summed E-state index contributed by atoms with van der Waals surface area (Å²) in [6.07, 6.45) is 0.768. The van der Waals surface area contributed by atoms with Crippen molar-refractivity contribution in [1.29, 1.82) is 0 Å². The summed E-state index contributed by atoms with van der Waals surface area (Å²) in [5.74, 6) is 2.22. The Bertz CT molecular complexity index is 524. The van der Waals surface area contributed by atoms with E-state index in [1.807, 2.05) is 19.1 Å². The lowest BCUT2D eigenvalue weighted by atomic mass is 9.87. The third-order valence-corrected chi connectivity index (χ3v) is 4.86. The van der Waals surface area contributed by atoms with E-state index in [0.29, 0.717) is 23.5 Å². The van der Waals surface area contributed by atoms with E-state index in [2.05, 4.69) is 18.7 Å². The molecule has 2 heterocycles. The molecule has 4 heteroatoms. The average Bonchev–Trinajstić information content (AvgIpc) is 2.36. The number of benzene rings is 1. The fourth-order valence-corrected chi connectivity index (χ4v) is 4.30. The summed E-state index contributed by atoms with van der Waals surface area (Å²) in [6, 6.07) is 3.88.